The van der Waals surface area contributed by atoms with Crippen LogP contribution in [0.4, 0.5) is 0 Å². The maximum absolute atomic E-state index is 12.6. The third kappa shape index (κ3) is 3.17. The number of carboxylic acid groups (broad SMARTS) is 1. The zero-order valence-electron chi connectivity index (χ0n) is 11.7. The summed E-state index contributed by atoms with van der Waals surface area (Å²) in [5.74, 6) is -0.716. The molecule has 4 heteroatoms. The van der Waals surface area contributed by atoms with E-state index in [9.17, 15) is 14.7 Å². The summed E-state index contributed by atoms with van der Waals surface area (Å²) in [4.78, 5) is 25.8. The van der Waals surface area contributed by atoms with Crippen LogP contribution < -0.4 is 0 Å². The van der Waals surface area contributed by atoms with E-state index in [2.05, 4.69) is 13.8 Å². The quantitative estimate of drug-likeness (QED) is 0.778. The summed E-state index contributed by atoms with van der Waals surface area (Å²) in [5.41, 5.74) is 0. The number of amides is 1. The summed E-state index contributed by atoms with van der Waals surface area (Å²) in [7, 11) is 0. The highest BCUT2D eigenvalue weighted by atomic mass is 16.4. The first-order valence-electron chi connectivity index (χ1n) is 7.15. The number of piperidine rings is 1. The van der Waals surface area contributed by atoms with Crippen LogP contribution in [0.2, 0.25) is 0 Å². The van der Waals surface area contributed by atoms with E-state index in [4.69, 9.17) is 0 Å². The van der Waals surface area contributed by atoms with Gasteiger partial charge >= 0.3 is 5.97 Å². The van der Waals surface area contributed by atoms with Gasteiger partial charge in [-0.3, -0.25) is 9.59 Å². The number of carbonyl (C=O) groups is 2. The van der Waals surface area contributed by atoms with Gasteiger partial charge in [0.25, 0.3) is 0 Å². The van der Waals surface area contributed by atoms with Crippen molar-refractivity contribution in [1.29, 1.82) is 0 Å². The van der Waals surface area contributed by atoms with Crippen LogP contribution in [0.3, 0.4) is 0 Å². The molecule has 0 unspecified atom stereocenters. The minimum Gasteiger partial charge on any atom is -0.481 e. The molecule has 1 saturated heterocycles. The molecule has 1 fully saturated rings. The van der Waals surface area contributed by atoms with E-state index < -0.39 is 11.9 Å². The average Bonchev–Trinajstić information content (AvgIpc) is 2.36. The fraction of sp³-hybridized carbons (Fsp3) is 0.733. The highest BCUT2D eigenvalue weighted by molar-refractivity contribution is 5.85. The molecule has 0 saturated carbocycles. The minimum atomic E-state index is -0.846. The molecule has 106 valence electrons. The van der Waals surface area contributed by atoms with Crippen molar-refractivity contribution in [1.82, 2.24) is 4.90 Å². The van der Waals surface area contributed by atoms with E-state index in [-0.39, 0.29) is 11.8 Å². The molecule has 0 radical (unpaired) electrons. The van der Waals surface area contributed by atoms with Gasteiger partial charge in [0.15, 0.2) is 0 Å². The van der Waals surface area contributed by atoms with E-state index in [1.165, 1.54) is 0 Å². The largest absolute Gasteiger partial charge is 0.481 e. The van der Waals surface area contributed by atoms with E-state index in [0.29, 0.717) is 24.7 Å². The molecule has 1 aliphatic heterocycles. The van der Waals surface area contributed by atoms with E-state index in [0.717, 1.165) is 19.5 Å². The Morgan fingerprint density at radius 3 is 2.11 bits per heavy atom. The van der Waals surface area contributed by atoms with Crippen LogP contribution in [-0.2, 0) is 9.59 Å². The lowest BCUT2D eigenvalue weighted by atomic mass is 9.81. The standard InChI is InChI=1S/C15H23NO3/c1-10-7-11(2)9-16(8-10)14(17)12-5-3-4-6-13(12)15(18)19/h3-4,10-13H,5-9H2,1-2H3,(H,18,19)/t10-,11+,12-,13-/m0/s1. The number of rotatable bonds is 2. The third-order valence-electron chi connectivity index (χ3n) is 4.25. The van der Waals surface area contributed by atoms with Crippen LogP contribution in [0.25, 0.3) is 0 Å². The van der Waals surface area contributed by atoms with E-state index in [1.54, 1.807) is 0 Å². The Kier molecular flexibility index (Phi) is 4.27. The Balaban J connectivity index is 2.09. The van der Waals surface area contributed by atoms with Crippen molar-refractivity contribution in [2.75, 3.05) is 13.1 Å². The van der Waals surface area contributed by atoms with Crippen LogP contribution in [0.1, 0.15) is 33.1 Å². The number of likely N-dealkylation sites (tertiary alicyclic amines) is 1. The second-order valence-electron chi connectivity index (χ2n) is 6.18. The summed E-state index contributed by atoms with van der Waals surface area (Å²) in [6.07, 6.45) is 6.01. The number of allylic oxidation sites excluding steroid dienone is 2. The lowest BCUT2D eigenvalue weighted by Gasteiger charge is -2.38. The van der Waals surface area contributed by atoms with Crippen LogP contribution in [0.15, 0.2) is 12.2 Å². The van der Waals surface area contributed by atoms with Crippen molar-refractivity contribution in [2.24, 2.45) is 23.7 Å². The number of carbonyl (C=O) groups excluding carboxylic acids is 1. The number of aliphatic carboxylic acids is 1. The molecule has 1 N–H and O–H groups in total. The Morgan fingerprint density at radius 1 is 1.05 bits per heavy atom. The Labute approximate surface area is 114 Å². The molecular formula is C15H23NO3. The maximum atomic E-state index is 12.6. The van der Waals surface area contributed by atoms with Crippen molar-refractivity contribution < 1.29 is 14.7 Å². The monoisotopic (exact) mass is 265 g/mol. The summed E-state index contributed by atoms with van der Waals surface area (Å²) < 4.78 is 0. The molecule has 0 bridgehead atoms. The van der Waals surface area contributed by atoms with Gasteiger partial charge in [0, 0.05) is 13.1 Å². The number of hydrogen-bond donors (Lipinski definition) is 1. The van der Waals surface area contributed by atoms with Gasteiger partial charge in [-0.1, -0.05) is 26.0 Å². The van der Waals surface area contributed by atoms with Crippen LogP contribution in [0.5, 0.6) is 0 Å². The summed E-state index contributed by atoms with van der Waals surface area (Å²) in [6, 6.07) is 0. The first-order chi connectivity index (χ1) is 8.99. The normalized spacial score (nSPS) is 35.2. The van der Waals surface area contributed by atoms with E-state index in [1.807, 2.05) is 17.1 Å². The summed E-state index contributed by atoms with van der Waals surface area (Å²) in [6.45, 7) is 5.86. The van der Waals surface area contributed by atoms with Gasteiger partial charge < -0.3 is 10.0 Å². The van der Waals surface area contributed by atoms with Crippen molar-refractivity contribution in [3.63, 3.8) is 0 Å². The highest BCUT2D eigenvalue weighted by Gasteiger charge is 2.37. The Morgan fingerprint density at radius 2 is 1.58 bits per heavy atom. The predicted molar refractivity (Wildman–Crippen MR) is 72.5 cm³/mol. The van der Waals surface area contributed by atoms with Gasteiger partial charge in [0.05, 0.1) is 11.8 Å². The molecule has 0 aromatic carbocycles. The first kappa shape index (κ1) is 14.1. The summed E-state index contributed by atoms with van der Waals surface area (Å²) in [5, 5.41) is 9.26. The second-order valence-corrected chi connectivity index (χ2v) is 6.18. The van der Waals surface area contributed by atoms with Gasteiger partial charge in [-0.15, -0.1) is 0 Å². The number of nitrogens with zero attached hydrogens (tertiary/aromatic N) is 1. The van der Waals surface area contributed by atoms with Crippen molar-refractivity contribution >= 4 is 11.9 Å². The second kappa shape index (κ2) is 5.76. The van der Waals surface area contributed by atoms with Crippen molar-refractivity contribution in [3.8, 4) is 0 Å². The molecule has 0 aromatic rings. The zero-order chi connectivity index (χ0) is 14.0. The summed E-state index contributed by atoms with van der Waals surface area (Å²) >= 11 is 0. The van der Waals surface area contributed by atoms with Crippen LogP contribution >= 0.6 is 0 Å². The molecule has 4 nitrogen and oxygen atoms in total. The zero-order valence-corrected chi connectivity index (χ0v) is 11.7. The molecule has 1 heterocycles. The first-order valence-corrected chi connectivity index (χ1v) is 7.15. The molecule has 1 aliphatic carbocycles. The predicted octanol–water partition coefficient (Wildman–Crippen LogP) is 2.16. The van der Waals surface area contributed by atoms with Crippen LogP contribution in [-0.4, -0.2) is 35.0 Å². The number of hydrogen-bond acceptors (Lipinski definition) is 2. The van der Waals surface area contributed by atoms with Gasteiger partial charge in [-0.05, 0) is 31.1 Å². The highest BCUT2D eigenvalue weighted by Crippen LogP contribution is 2.30. The number of carboxylic acids is 1. The van der Waals surface area contributed by atoms with Crippen molar-refractivity contribution in [3.05, 3.63) is 12.2 Å². The fourth-order valence-electron chi connectivity index (χ4n) is 3.44. The Hall–Kier alpha value is -1.32. The lowest BCUT2D eigenvalue weighted by Crippen LogP contribution is -2.47. The van der Waals surface area contributed by atoms with E-state index >= 15 is 0 Å². The topological polar surface area (TPSA) is 57.6 Å². The van der Waals surface area contributed by atoms with Gasteiger partial charge in [-0.2, -0.15) is 0 Å². The third-order valence-corrected chi connectivity index (χ3v) is 4.25. The van der Waals surface area contributed by atoms with Gasteiger partial charge in [0.2, 0.25) is 5.91 Å². The lowest BCUT2D eigenvalue weighted by molar-refractivity contribution is -0.151. The smallest absolute Gasteiger partial charge is 0.307 e. The molecule has 2 rings (SSSR count). The molecule has 0 aromatic heterocycles. The molecule has 4 atom stereocenters. The van der Waals surface area contributed by atoms with Gasteiger partial charge in [0.1, 0.15) is 0 Å². The molecule has 1 amide bonds. The SMILES string of the molecule is C[C@@H]1C[C@H](C)CN(C(=O)[C@H]2CC=CC[C@@H]2C(=O)O)C1. The average molecular weight is 265 g/mol. The maximum Gasteiger partial charge on any atom is 0.307 e. The van der Waals surface area contributed by atoms with Crippen molar-refractivity contribution in [2.45, 2.75) is 33.1 Å². The van der Waals surface area contributed by atoms with Gasteiger partial charge in [-0.25, -0.2) is 0 Å². The Bertz CT molecular complexity index is 381. The molecule has 0 spiro atoms. The van der Waals surface area contributed by atoms with Crippen LogP contribution in [0, 0.1) is 23.7 Å². The molecular weight excluding hydrogens is 242 g/mol. The molecule has 2 aliphatic rings. The molecule has 19 heavy (non-hydrogen) atoms. The minimum absolute atomic E-state index is 0.0372. The fourth-order valence-corrected chi connectivity index (χ4v) is 3.44.